The number of nitrogens with two attached hydrogens (primary N) is 1. The number of aryl methyl sites for hydroxylation is 2. The van der Waals surface area contributed by atoms with Crippen LogP contribution in [0, 0.1) is 17.8 Å². The largest absolute Gasteiger partial charge is 0.497 e. The Morgan fingerprint density at radius 1 is 1.22 bits per heavy atom. The molecule has 3 N–H and O–H groups in total. The van der Waals surface area contributed by atoms with Crippen molar-refractivity contribution < 1.29 is 9.53 Å². The zero-order valence-electron chi connectivity index (χ0n) is 15.4. The molecule has 1 heterocycles. The molecule has 140 valence electrons. The summed E-state index contributed by atoms with van der Waals surface area (Å²) in [5, 5.41) is 2.90. The first-order valence-corrected chi connectivity index (χ1v) is 9.63. The first kappa shape index (κ1) is 19.1. The molecule has 0 bridgehead atoms. The van der Waals surface area contributed by atoms with Gasteiger partial charge in [0.05, 0.1) is 12.8 Å². The average molecular weight is 400 g/mol. The average Bonchev–Trinajstić information content (AvgIpc) is 2.96. The molecule has 27 heavy (non-hydrogen) atoms. The van der Waals surface area contributed by atoms with E-state index in [0.717, 1.165) is 28.1 Å². The van der Waals surface area contributed by atoms with E-state index < -0.39 is 0 Å². The topological polar surface area (TPSA) is 69.3 Å². The van der Waals surface area contributed by atoms with E-state index in [1.54, 1.807) is 11.7 Å². The summed E-state index contributed by atoms with van der Waals surface area (Å²) in [6.45, 7) is 4.41. The Balaban J connectivity index is 1.84. The Bertz CT molecular complexity index is 1040. The molecular formula is C20H21N3O2S2. The lowest BCUT2D eigenvalue weighted by atomic mass is 10.1. The Hall–Kier alpha value is -2.64. The third-order valence-corrected chi connectivity index (χ3v) is 5.66. The van der Waals surface area contributed by atoms with Crippen molar-refractivity contribution >= 4 is 35.3 Å². The fourth-order valence-electron chi connectivity index (χ4n) is 2.74. The SMILES string of the molecule is COc1ccc(CNC(=O)c2sc(=S)n(-c3cc(C)ccc3C)c2N)cc1. The summed E-state index contributed by atoms with van der Waals surface area (Å²) in [4.78, 5) is 13.1. The Kier molecular flexibility index (Phi) is 5.62. The molecule has 0 radical (unpaired) electrons. The lowest BCUT2D eigenvalue weighted by Crippen LogP contribution is -2.23. The second kappa shape index (κ2) is 7.94. The standard InChI is InChI=1S/C20H21N3O2S2/c1-12-4-5-13(2)16(10-12)23-18(21)17(27-20(23)26)19(24)22-11-14-6-8-15(25-3)9-7-14/h4-10H,11,21H2,1-3H3,(H,22,24). The minimum atomic E-state index is -0.233. The Labute approximate surface area is 167 Å². The predicted octanol–water partition coefficient (Wildman–Crippen LogP) is 4.41. The number of nitrogen functional groups attached to an aromatic ring is 1. The normalized spacial score (nSPS) is 10.6. The number of amides is 1. The van der Waals surface area contributed by atoms with Crippen molar-refractivity contribution in [3.63, 3.8) is 0 Å². The van der Waals surface area contributed by atoms with Gasteiger partial charge in [-0.25, -0.2) is 0 Å². The van der Waals surface area contributed by atoms with Gasteiger partial charge in [0.25, 0.3) is 5.91 Å². The summed E-state index contributed by atoms with van der Waals surface area (Å²) in [5.41, 5.74) is 10.3. The number of thiazole rings is 1. The van der Waals surface area contributed by atoms with Gasteiger partial charge in [0.2, 0.25) is 0 Å². The number of benzene rings is 2. The summed E-state index contributed by atoms with van der Waals surface area (Å²) in [7, 11) is 1.62. The van der Waals surface area contributed by atoms with Gasteiger partial charge in [-0.15, -0.1) is 0 Å². The monoisotopic (exact) mass is 399 g/mol. The lowest BCUT2D eigenvalue weighted by Gasteiger charge is -2.11. The number of rotatable bonds is 5. The van der Waals surface area contributed by atoms with Crippen LogP contribution in [0.2, 0.25) is 0 Å². The number of nitrogens with zero attached hydrogens (tertiary/aromatic N) is 1. The maximum atomic E-state index is 12.6. The molecule has 7 heteroatoms. The summed E-state index contributed by atoms with van der Waals surface area (Å²) in [6.07, 6.45) is 0. The van der Waals surface area contributed by atoms with Crippen LogP contribution in [0.1, 0.15) is 26.4 Å². The molecule has 1 amide bonds. The second-order valence-electron chi connectivity index (χ2n) is 6.24. The van der Waals surface area contributed by atoms with Gasteiger partial charge in [-0.1, -0.05) is 35.6 Å². The van der Waals surface area contributed by atoms with Crippen molar-refractivity contribution in [3.05, 3.63) is 68.0 Å². The highest BCUT2D eigenvalue weighted by atomic mass is 32.1. The Morgan fingerprint density at radius 3 is 2.59 bits per heavy atom. The minimum Gasteiger partial charge on any atom is -0.497 e. The van der Waals surface area contributed by atoms with E-state index in [1.807, 2.05) is 56.3 Å². The number of ether oxygens (including phenoxy) is 1. The van der Waals surface area contributed by atoms with Crippen molar-refractivity contribution in [1.29, 1.82) is 0 Å². The molecule has 0 aliphatic rings. The zero-order valence-corrected chi connectivity index (χ0v) is 17.0. The van der Waals surface area contributed by atoms with E-state index in [-0.39, 0.29) is 5.91 Å². The molecule has 0 spiro atoms. The number of anilines is 1. The van der Waals surface area contributed by atoms with Crippen LogP contribution in [0.15, 0.2) is 42.5 Å². The quantitative estimate of drug-likeness (QED) is 0.624. The van der Waals surface area contributed by atoms with Gasteiger partial charge < -0.3 is 15.8 Å². The fourth-order valence-corrected chi connectivity index (χ4v) is 4.01. The van der Waals surface area contributed by atoms with Gasteiger partial charge in [-0.2, -0.15) is 0 Å². The summed E-state index contributed by atoms with van der Waals surface area (Å²) in [5.74, 6) is 0.910. The van der Waals surface area contributed by atoms with Crippen LogP contribution in [-0.2, 0) is 6.54 Å². The van der Waals surface area contributed by atoms with Crippen LogP contribution >= 0.6 is 23.6 Å². The molecule has 0 unspecified atom stereocenters. The maximum Gasteiger partial charge on any atom is 0.265 e. The Morgan fingerprint density at radius 2 is 1.93 bits per heavy atom. The molecule has 3 aromatic rings. The highest BCUT2D eigenvalue weighted by Gasteiger charge is 2.19. The number of methoxy groups -OCH3 is 1. The first-order valence-electron chi connectivity index (χ1n) is 8.40. The minimum absolute atomic E-state index is 0.233. The van der Waals surface area contributed by atoms with Gasteiger partial charge in [0, 0.05) is 6.54 Å². The molecule has 2 aromatic carbocycles. The number of hydrogen-bond donors (Lipinski definition) is 2. The maximum absolute atomic E-state index is 12.6. The number of aromatic nitrogens is 1. The molecule has 3 rings (SSSR count). The van der Waals surface area contributed by atoms with E-state index in [1.165, 1.54) is 11.3 Å². The number of carbonyl (C=O) groups excluding carboxylic acids is 1. The van der Waals surface area contributed by atoms with Crippen LogP contribution in [0.25, 0.3) is 5.69 Å². The van der Waals surface area contributed by atoms with E-state index in [2.05, 4.69) is 5.32 Å². The van der Waals surface area contributed by atoms with Gasteiger partial charge >= 0.3 is 0 Å². The van der Waals surface area contributed by atoms with Gasteiger partial charge in [-0.3, -0.25) is 9.36 Å². The smallest absolute Gasteiger partial charge is 0.265 e. The third-order valence-electron chi connectivity index (χ3n) is 4.27. The lowest BCUT2D eigenvalue weighted by molar-refractivity contribution is 0.0955. The molecular weight excluding hydrogens is 378 g/mol. The number of nitrogens with one attached hydrogen (secondary N) is 1. The third kappa shape index (κ3) is 4.04. The van der Waals surface area contributed by atoms with Crippen molar-refractivity contribution in [2.45, 2.75) is 20.4 Å². The highest BCUT2D eigenvalue weighted by molar-refractivity contribution is 7.73. The molecule has 0 saturated carbocycles. The van der Waals surface area contributed by atoms with E-state index >= 15 is 0 Å². The second-order valence-corrected chi connectivity index (χ2v) is 7.88. The van der Waals surface area contributed by atoms with Crippen molar-refractivity contribution in [1.82, 2.24) is 9.88 Å². The van der Waals surface area contributed by atoms with E-state index in [4.69, 9.17) is 22.7 Å². The summed E-state index contributed by atoms with van der Waals surface area (Å²) in [6, 6.07) is 13.6. The van der Waals surface area contributed by atoms with Gasteiger partial charge in [0.15, 0.2) is 3.95 Å². The number of carbonyl (C=O) groups is 1. The zero-order chi connectivity index (χ0) is 19.6. The molecule has 0 aliphatic carbocycles. The van der Waals surface area contributed by atoms with Crippen LogP contribution in [-0.4, -0.2) is 17.6 Å². The molecule has 0 aliphatic heterocycles. The van der Waals surface area contributed by atoms with E-state index in [0.29, 0.717) is 21.2 Å². The molecule has 1 aromatic heterocycles. The molecule has 0 atom stereocenters. The summed E-state index contributed by atoms with van der Waals surface area (Å²) >= 11 is 6.70. The van der Waals surface area contributed by atoms with Crippen molar-refractivity contribution in [3.8, 4) is 11.4 Å². The van der Waals surface area contributed by atoms with Crippen LogP contribution in [0.5, 0.6) is 5.75 Å². The first-order chi connectivity index (χ1) is 12.9. The van der Waals surface area contributed by atoms with Crippen LogP contribution in [0.4, 0.5) is 5.82 Å². The number of hydrogen-bond acceptors (Lipinski definition) is 5. The van der Waals surface area contributed by atoms with E-state index in [9.17, 15) is 4.79 Å². The molecule has 5 nitrogen and oxygen atoms in total. The predicted molar refractivity (Wildman–Crippen MR) is 113 cm³/mol. The fraction of sp³-hybridized carbons (Fsp3) is 0.200. The van der Waals surface area contributed by atoms with Gasteiger partial charge in [0.1, 0.15) is 16.4 Å². The highest BCUT2D eigenvalue weighted by Crippen LogP contribution is 2.28. The molecule has 0 saturated heterocycles. The van der Waals surface area contributed by atoms with Crippen molar-refractivity contribution in [2.24, 2.45) is 0 Å². The van der Waals surface area contributed by atoms with Crippen molar-refractivity contribution in [2.75, 3.05) is 12.8 Å². The molecule has 0 fully saturated rings. The van der Waals surface area contributed by atoms with Gasteiger partial charge in [-0.05, 0) is 61.0 Å². The van der Waals surface area contributed by atoms with Crippen LogP contribution < -0.4 is 15.8 Å². The summed E-state index contributed by atoms with van der Waals surface area (Å²) < 4.78 is 7.46. The van der Waals surface area contributed by atoms with Crippen LogP contribution in [0.3, 0.4) is 0 Å².